The van der Waals surface area contributed by atoms with Gasteiger partial charge in [-0.3, -0.25) is 0 Å². The van der Waals surface area contributed by atoms with Crippen molar-refractivity contribution in [1.82, 2.24) is 14.8 Å². The largest absolute Gasteiger partial charge is 0.478 e. The zero-order valence-corrected chi connectivity index (χ0v) is 16.0. The first kappa shape index (κ1) is 19.9. The molecule has 0 aliphatic rings. The zero-order valence-electron chi connectivity index (χ0n) is 16.0. The molecule has 0 fully saturated rings. The smallest absolute Gasteiger partial charge is 0.335 e. The van der Waals surface area contributed by atoms with E-state index in [2.05, 4.69) is 21.9 Å². The highest BCUT2D eigenvalue weighted by Gasteiger charge is 2.10. The summed E-state index contributed by atoms with van der Waals surface area (Å²) in [6.07, 6.45) is 13.3. The first-order chi connectivity index (χ1) is 14.1. The van der Waals surface area contributed by atoms with Crippen LogP contribution in [0.15, 0.2) is 48.5 Å². The van der Waals surface area contributed by atoms with Crippen LogP contribution in [0.2, 0.25) is 0 Å². The molecule has 3 rings (SSSR count). The number of carboxylic acid groups (broad SMARTS) is 1. The quantitative estimate of drug-likeness (QED) is 0.601. The summed E-state index contributed by atoms with van der Waals surface area (Å²) in [4.78, 5) is 15.8. The van der Waals surface area contributed by atoms with Crippen LogP contribution >= 0.6 is 0 Å². The molecular formula is C24H21N3O2. The van der Waals surface area contributed by atoms with Crippen molar-refractivity contribution in [3.05, 3.63) is 71.3 Å². The standard InChI is InChI=1S/C24H21N3O2/c1-3-5-10-22-25-23(11-6-4-2)27(26-22)17-18-12-14-19(15-13-18)20-8-7-9-21(16-20)24(28)29/h1-2,7-9,12-16H,5-6,10-11,17H2,(H,28,29). The van der Waals surface area contributed by atoms with Gasteiger partial charge in [-0.2, -0.15) is 5.10 Å². The minimum Gasteiger partial charge on any atom is -0.478 e. The van der Waals surface area contributed by atoms with E-state index in [9.17, 15) is 4.79 Å². The monoisotopic (exact) mass is 383 g/mol. The number of hydrogen-bond donors (Lipinski definition) is 1. The van der Waals surface area contributed by atoms with Gasteiger partial charge in [0, 0.05) is 25.7 Å². The number of benzene rings is 2. The van der Waals surface area contributed by atoms with Crippen LogP contribution < -0.4 is 0 Å². The maximum atomic E-state index is 11.2. The second kappa shape index (κ2) is 9.39. The van der Waals surface area contributed by atoms with Gasteiger partial charge in [0.25, 0.3) is 0 Å². The summed E-state index contributed by atoms with van der Waals surface area (Å²) in [6, 6.07) is 14.9. The number of nitrogens with zero attached hydrogens (tertiary/aromatic N) is 3. The Labute approximate surface area is 170 Å². The summed E-state index contributed by atoms with van der Waals surface area (Å²) in [7, 11) is 0. The maximum Gasteiger partial charge on any atom is 0.335 e. The normalized spacial score (nSPS) is 10.3. The van der Waals surface area contributed by atoms with Crippen molar-refractivity contribution in [3.63, 3.8) is 0 Å². The fraction of sp³-hybridized carbons (Fsp3) is 0.208. The number of hydrogen-bond acceptors (Lipinski definition) is 3. The van der Waals surface area contributed by atoms with E-state index in [1.807, 2.05) is 35.0 Å². The molecule has 5 heteroatoms. The van der Waals surface area contributed by atoms with Crippen molar-refractivity contribution < 1.29 is 9.90 Å². The van der Waals surface area contributed by atoms with Crippen LogP contribution in [0.5, 0.6) is 0 Å². The third kappa shape index (κ3) is 5.12. The molecule has 0 saturated carbocycles. The fourth-order valence-electron chi connectivity index (χ4n) is 3.02. The molecule has 1 N–H and O–H groups in total. The van der Waals surface area contributed by atoms with Gasteiger partial charge in [0.15, 0.2) is 5.82 Å². The van der Waals surface area contributed by atoms with E-state index >= 15 is 0 Å². The average Bonchev–Trinajstić information content (AvgIpc) is 3.12. The highest BCUT2D eigenvalue weighted by molar-refractivity contribution is 5.89. The van der Waals surface area contributed by atoms with Crippen LogP contribution in [0.3, 0.4) is 0 Å². The Hall–Kier alpha value is -3.83. The van der Waals surface area contributed by atoms with Gasteiger partial charge in [-0.1, -0.05) is 36.4 Å². The Morgan fingerprint density at radius 2 is 1.72 bits per heavy atom. The van der Waals surface area contributed by atoms with Gasteiger partial charge in [-0.25, -0.2) is 14.5 Å². The van der Waals surface area contributed by atoms with Crippen molar-refractivity contribution in [1.29, 1.82) is 0 Å². The maximum absolute atomic E-state index is 11.2. The molecule has 0 spiro atoms. The molecule has 0 aliphatic heterocycles. The molecule has 0 amide bonds. The van der Waals surface area contributed by atoms with E-state index in [0.29, 0.717) is 32.2 Å². The first-order valence-electron chi connectivity index (χ1n) is 9.33. The van der Waals surface area contributed by atoms with Gasteiger partial charge in [-0.15, -0.1) is 24.7 Å². The molecular weight excluding hydrogens is 362 g/mol. The van der Waals surface area contributed by atoms with E-state index in [0.717, 1.165) is 28.3 Å². The molecule has 29 heavy (non-hydrogen) atoms. The molecule has 0 saturated heterocycles. The van der Waals surface area contributed by atoms with E-state index in [-0.39, 0.29) is 5.56 Å². The molecule has 144 valence electrons. The van der Waals surface area contributed by atoms with Crippen molar-refractivity contribution in [2.24, 2.45) is 0 Å². The third-order valence-corrected chi connectivity index (χ3v) is 4.51. The topological polar surface area (TPSA) is 68.0 Å². The Balaban J connectivity index is 1.79. The lowest BCUT2D eigenvalue weighted by atomic mass is 10.0. The van der Waals surface area contributed by atoms with Crippen LogP contribution in [-0.2, 0) is 19.4 Å². The second-order valence-electron chi connectivity index (χ2n) is 6.59. The fourth-order valence-corrected chi connectivity index (χ4v) is 3.02. The van der Waals surface area contributed by atoms with Gasteiger partial charge in [0.2, 0.25) is 0 Å². The number of terminal acetylenes is 2. The lowest BCUT2D eigenvalue weighted by Gasteiger charge is -2.07. The minimum absolute atomic E-state index is 0.270. The number of aromatic nitrogens is 3. The van der Waals surface area contributed by atoms with E-state index in [4.69, 9.17) is 18.0 Å². The van der Waals surface area contributed by atoms with Crippen molar-refractivity contribution in [2.75, 3.05) is 0 Å². The first-order valence-corrected chi connectivity index (χ1v) is 9.33. The molecule has 0 atom stereocenters. The van der Waals surface area contributed by atoms with Crippen LogP contribution in [0.25, 0.3) is 11.1 Å². The third-order valence-electron chi connectivity index (χ3n) is 4.51. The molecule has 2 aromatic carbocycles. The Kier molecular flexibility index (Phi) is 6.45. The lowest BCUT2D eigenvalue weighted by molar-refractivity contribution is 0.0697. The van der Waals surface area contributed by atoms with Crippen LogP contribution in [0.1, 0.15) is 40.4 Å². The van der Waals surface area contributed by atoms with Gasteiger partial charge < -0.3 is 5.11 Å². The zero-order chi connectivity index (χ0) is 20.6. The van der Waals surface area contributed by atoms with Crippen molar-refractivity contribution in [2.45, 2.75) is 32.2 Å². The Morgan fingerprint density at radius 3 is 2.41 bits per heavy atom. The Bertz CT molecular complexity index is 1080. The van der Waals surface area contributed by atoms with Crippen LogP contribution in [0, 0.1) is 24.7 Å². The molecule has 0 bridgehead atoms. The molecule has 1 aromatic heterocycles. The van der Waals surface area contributed by atoms with Gasteiger partial charge in [-0.05, 0) is 28.8 Å². The van der Waals surface area contributed by atoms with E-state index in [1.165, 1.54) is 0 Å². The summed E-state index contributed by atoms with van der Waals surface area (Å²) in [6.45, 7) is 0.582. The molecule has 3 aromatic rings. The van der Waals surface area contributed by atoms with Gasteiger partial charge >= 0.3 is 5.97 Å². The van der Waals surface area contributed by atoms with Crippen LogP contribution in [-0.4, -0.2) is 25.8 Å². The number of carbonyl (C=O) groups is 1. The average molecular weight is 383 g/mol. The number of carboxylic acids is 1. The van der Waals surface area contributed by atoms with E-state index in [1.54, 1.807) is 18.2 Å². The summed E-state index contributed by atoms with van der Waals surface area (Å²) in [5.41, 5.74) is 3.16. The molecule has 5 nitrogen and oxygen atoms in total. The van der Waals surface area contributed by atoms with Gasteiger partial charge in [0.05, 0.1) is 12.1 Å². The molecule has 0 radical (unpaired) electrons. The van der Waals surface area contributed by atoms with Gasteiger partial charge in [0.1, 0.15) is 5.82 Å². The van der Waals surface area contributed by atoms with Crippen molar-refractivity contribution >= 4 is 5.97 Å². The second-order valence-corrected chi connectivity index (χ2v) is 6.59. The summed E-state index contributed by atoms with van der Waals surface area (Å²) >= 11 is 0. The predicted molar refractivity (Wildman–Crippen MR) is 112 cm³/mol. The predicted octanol–water partition coefficient (Wildman–Crippen LogP) is 3.82. The summed E-state index contributed by atoms with van der Waals surface area (Å²) < 4.78 is 1.88. The number of rotatable bonds is 8. The molecule has 1 heterocycles. The SMILES string of the molecule is C#CCCc1nc(CCC#C)n(Cc2ccc(-c3cccc(C(=O)O)c3)cc2)n1. The summed E-state index contributed by atoms with van der Waals surface area (Å²) in [5, 5.41) is 13.8. The number of aryl methyl sites for hydroxylation is 2. The van der Waals surface area contributed by atoms with Crippen molar-refractivity contribution in [3.8, 4) is 35.8 Å². The Morgan fingerprint density at radius 1 is 1.00 bits per heavy atom. The lowest BCUT2D eigenvalue weighted by Crippen LogP contribution is -2.07. The highest BCUT2D eigenvalue weighted by Crippen LogP contribution is 2.21. The summed E-state index contributed by atoms with van der Waals surface area (Å²) in [5.74, 6) is 5.91. The van der Waals surface area contributed by atoms with Crippen LogP contribution in [0.4, 0.5) is 0 Å². The highest BCUT2D eigenvalue weighted by atomic mass is 16.4. The van der Waals surface area contributed by atoms with E-state index < -0.39 is 5.97 Å². The minimum atomic E-state index is -0.935. The number of aromatic carboxylic acids is 1. The molecule has 0 unspecified atom stereocenters. The molecule has 0 aliphatic carbocycles.